The van der Waals surface area contributed by atoms with E-state index in [0.29, 0.717) is 30.5 Å². The van der Waals surface area contributed by atoms with Crippen molar-refractivity contribution in [3.63, 3.8) is 0 Å². The van der Waals surface area contributed by atoms with Crippen molar-refractivity contribution in [2.75, 3.05) is 19.6 Å². The summed E-state index contributed by atoms with van der Waals surface area (Å²) >= 11 is 5.86. The first kappa shape index (κ1) is 24.8. The fourth-order valence-electron chi connectivity index (χ4n) is 5.11. The minimum atomic E-state index is -4.54. The molecule has 0 bridgehead atoms. The molecule has 1 aromatic heterocycles. The molecule has 0 radical (unpaired) electrons. The van der Waals surface area contributed by atoms with Crippen molar-refractivity contribution in [1.82, 2.24) is 25.2 Å². The zero-order valence-corrected chi connectivity index (χ0v) is 20.6. The van der Waals surface area contributed by atoms with Crippen LogP contribution in [-0.2, 0) is 11.0 Å². The van der Waals surface area contributed by atoms with Gasteiger partial charge < -0.3 is 10.2 Å². The lowest BCUT2D eigenvalue weighted by Crippen LogP contribution is -2.49. The summed E-state index contributed by atoms with van der Waals surface area (Å²) in [6.07, 6.45) is 1.27. The number of fused-ring (bicyclic) bond motifs is 1. The Labute approximate surface area is 212 Å². The highest BCUT2D eigenvalue weighted by Gasteiger charge is 2.35. The lowest BCUT2D eigenvalue weighted by molar-refractivity contribution is -0.138. The summed E-state index contributed by atoms with van der Waals surface area (Å²) in [5.74, 6) is 0.153. The van der Waals surface area contributed by atoms with Crippen LogP contribution in [0.1, 0.15) is 55.3 Å². The molecule has 3 aromatic rings. The van der Waals surface area contributed by atoms with Gasteiger partial charge in [-0.05, 0) is 73.7 Å². The topological polar surface area (TPSA) is 63.1 Å². The lowest BCUT2D eigenvalue weighted by atomic mass is 9.97. The SMILES string of the molecule is CC(c1ccc(Cl)cc1C(F)(F)F)n1nnc2ccc(C3=CCN(C(=O)C4CCCCN4)CC3)cc21. The fraction of sp³-hybridized carbons (Fsp3) is 0.423. The molecule has 1 saturated heterocycles. The van der Waals surface area contributed by atoms with Crippen LogP contribution in [0.15, 0.2) is 42.5 Å². The summed E-state index contributed by atoms with van der Waals surface area (Å²) in [5.41, 5.74) is 2.59. The third-order valence-electron chi connectivity index (χ3n) is 7.11. The van der Waals surface area contributed by atoms with Crippen molar-refractivity contribution in [1.29, 1.82) is 0 Å². The minimum absolute atomic E-state index is 0.0278. The van der Waals surface area contributed by atoms with Gasteiger partial charge in [0.2, 0.25) is 5.91 Å². The summed E-state index contributed by atoms with van der Waals surface area (Å²) < 4.78 is 42.7. The van der Waals surface area contributed by atoms with Gasteiger partial charge in [0.25, 0.3) is 0 Å². The summed E-state index contributed by atoms with van der Waals surface area (Å²) in [5, 5.41) is 11.7. The van der Waals surface area contributed by atoms with Crippen molar-refractivity contribution in [2.45, 2.75) is 50.9 Å². The Hall–Kier alpha value is -2.91. The Kier molecular flexibility index (Phi) is 6.78. The van der Waals surface area contributed by atoms with Crippen LogP contribution in [0.4, 0.5) is 13.2 Å². The van der Waals surface area contributed by atoms with Gasteiger partial charge in [-0.2, -0.15) is 13.2 Å². The molecular weight excluding hydrogens is 491 g/mol. The third kappa shape index (κ3) is 4.86. The molecular formula is C26H27ClF3N5O. The Balaban J connectivity index is 1.41. The van der Waals surface area contributed by atoms with E-state index in [1.54, 1.807) is 6.92 Å². The largest absolute Gasteiger partial charge is 0.416 e. The van der Waals surface area contributed by atoms with Gasteiger partial charge in [0, 0.05) is 18.1 Å². The van der Waals surface area contributed by atoms with E-state index in [-0.39, 0.29) is 22.5 Å². The molecule has 1 amide bonds. The molecule has 2 aliphatic rings. The summed E-state index contributed by atoms with van der Waals surface area (Å²) in [7, 11) is 0. The van der Waals surface area contributed by atoms with Gasteiger partial charge in [-0.1, -0.05) is 41.4 Å². The number of nitrogens with one attached hydrogen (secondary N) is 1. The normalized spacial score (nSPS) is 19.9. The molecule has 2 atom stereocenters. The van der Waals surface area contributed by atoms with Crippen molar-refractivity contribution >= 4 is 34.1 Å². The molecule has 10 heteroatoms. The van der Waals surface area contributed by atoms with Crippen LogP contribution in [0.2, 0.25) is 5.02 Å². The number of hydrogen-bond acceptors (Lipinski definition) is 4. The van der Waals surface area contributed by atoms with Crippen molar-refractivity contribution in [3.05, 3.63) is 64.2 Å². The Morgan fingerprint density at radius 2 is 2.03 bits per heavy atom. The molecule has 0 spiro atoms. The molecule has 2 unspecified atom stereocenters. The number of carbonyl (C=O) groups excluding carboxylic acids is 1. The number of piperidine rings is 1. The van der Waals surface area contributed by atoms with Crippen LogP contribution in [0.25, 0.3) is 16.6 Å². The molecule has 3 heterocycles. The van der Waals surface area contributed by atoms with Crippen LogP contribution in [0, 0.1) is 0 Å². The Bertz CT molecular complexity index is 1310. The van der Waals surface area contributed by atoms with Crippen molar-refractivity contribution < 1.29 is 18.0 Å². The Morgan fingerprint density at radius 1 is 1.19 bits per heavy atom. The number of rotatable bonds is 4. The van der Waals surface area contributed by atoms with Gasteiger partial charge in [-0.3, -0.25) is 4.79 Å². The molecule has 5 rings (SSSR count). The number of carbonyl (C=O) groups is 1. The predicted molar refractivity (Wildman–Crippen MR) is 133 cm³/mol. The van der Waals surface area contributed by atoms with Gasteiger partial charge >= 0.3 is 6.18 Å². The number of hydrogen-bond donors (Lipinski definition) is 1. The van der Waals surface area contributed by atoms with E-state index >= 15 is 0 Å². The number of amides is 1. The molecule has 36 heavy (non-hydrogen) atoms. The summed E-state index contributed by atoms with van der Waals surface area (Å²) in [4.78, 5) is 14.7. The molecule has 1 N–H and O–H groups in total. The van der Waals surface area contributed by atoms with E-state index in [1.165, 1.54) is 16.8 Å². The average Bonchev–Trinajstić information content (AvgIpc) is 3.31. The van der Waals surface area contributed by atoms with Crippen LogP contribution < -0.4 is 5.32 Å². The molecule has 1 fully saturated rings. The van der Waals surface area contributed by atoms with E-state index < -0.39 is 17.8 Å². The second kappa shape index (κ2) is 9.86. The minimum Gasteiger partial charge on any atom is -0.337 e. The standard InChI is InChI=1S/C26H27ClF3N5O/c1-16(20-7-6-19(27)15-21(20)26(28,29)30)35-24-14-18(5-8-22(24)32-33-35)17-9-12-34(13-10-17)25(36)23-4-2-3-11-31-23/h5-9,14-16,23,31H,2-4,10-13H2,1H3. The first-order valence-corrected chi connectivity index (χ1v) is 12.5. The van der Waals surface area contributed by atoms with Crippen LogP contribution in [0.3, 0.4) is 0 Å². The molecule has 2 aliphatic heterocycles. The maximum atomic E-state index is 13.7. The van der Waals surface area contributed by atoms with Crippen molar-refractivity contribution in [2.24, 2.45) is 0 Å². The van der Waals surface area contributed by atoms with Gasteiger partial charge in [0.1, 0.15) is 5.52 Å². The molecule has 2 aromatic carbocycles. The molecule has 0 saturated carbocycles. The van der Waals surface area contributed by atoms with E-state index in [0.717, 1.165) is 43.0 Å². The lowest BCUT2D eigenvalue weighted by Gasteiger charge is -2.32. The smallest absolute Gasteiger partial charge is 0.337 e. The highest BCUT2D eigenvalue weighted by atomic mass is 35.5. The van der Waals surface area contributed by atoms with Crippen LogP contribution >= 0.6 is 11.6 Å². The van der Waals surface area contributed by atoms with Crippen molar-refractivity contribution in [3.8, 4) is 0 Å². The molecule has 0 aliphatic carbocycles. The fourth-order valence-corrected chi connectivity index (χ4v) is 5.28. The van der Waals surface area contributed by atoms with Gasteiger partial charge in [-0.15, -0.1) is 5.10 Å². The highest BCUT2D eigenvalue weighted by Crippen LogP contribution is 2.38. The van der Waals surface area contributed by atoms with E-state index in [4.69, 9.17) is 11.6 Å². The van der Waals surface area contributed by atoms with E-state index in [9.17, 15) is 18.0 Å². The van der Waals surface area contributed by atoms with Gasteiger partial charge in [-0.25, -0.2) is 4.68 Å². The number of aromatic nitrogens is 3. The van der Waals surface area contributed by atoms with Crippen LogP contribution in [-0.4, -0.2) is 51.5 Å². The number of benzene rings is 2. The average molecular weight is 518 g/mol. The number of nitrogens with zero attached hydrogens (tertiary/aromatic N) is 4. The third-order valence-corrected chi connectivity index (χ3v) is 7.34. The first-order chi connectivity index (χ1) is 17.2. The summed E-state index contributed by atoms with van der Waals surface area (Å²) in [6, 6.07) is 8.68. The van der Waals surface area contributed by atoms with Gasteiger partial charge in [0.05, 0.1) is 23.2 Å². The maximum Gasteiger partial charge on any atom is 0.416 e. The zero-order chi connectivity index (χ0) is 25.4. The quantitative estimate of drug-likeness (QED) is 0.498. The second-order valence-corrected chi connectivity index (χ2v) is 9.85. The predicted octanol–water partition coefficient (Wildman–Crippen LogP) is 5.47. The van der Waals surface area contributed by atoms with Gasteiger partial charge in [0.15, 0.2) is 0 Å². The van der Waals surface area contributed by atoms with E-state index in [2.05, 4.69) is 21.7 Å². The number of halogens is 4. The first-order valence-electron chi connectivity index (χ1n) is 12.2. The molecule has 6 nitrogen and oxygen atoms in total. The highest BCUT2D eigenvalue weighted by molar-refractivity contribution is 6.30. The number of alkyl halides is 3. The van der Waals surface area contributed by atoms with E-state index in [1.807, 2.05) is 23.1 Å². The maximum absolute atomic E-state index is 13.7. The second-order valence-electron chi connectivity index (χ2n) is 9.41. The molecule has 190 valence electrons. The Morgan fingerprint density at radius 3 is 2.72 bits per heavy atom. The zero-order valence-electron chi connectivity index (χ0n) is 19.9. The monoisotopic (exact) mass is 517 g/mol. The van der Waals surface area contributed by atoms with Crippen LogP contribution in [0.5, 0.6) is 0 Å². The summed E-state index contributed by atoms with van der Waals surface area (Å²) in [6.45, 7) is 3.72.